The van der Waals surface area contributed by atoms with Gasteiger partial charge in [0, 0.05) is 30.5 Å². The highest BCUT2D eigenvalue weighted by Gasteiger charge is 2.03. The first kappa shape index (κ1) is 17.0. The van der Waals surface area contributed by atoms with Crippen molar-refractivity contribution in [1.82, 2.24) is 10.3 Å². The summed E-state index contributed by atoms with van der Waals surface area (Å²) in [5, 5.41) is 17.1. The predicted octanol–water partition coefficient (Wildman–Crippen LogP) is 2.39. The van der Waals surface area contributed by atoms with E-state index in [-0.39, 0.29) is 11.8 Å². The fourth-order valence-corrected chi connectivity index (χ4v) is 1.89. The smallest absolute Gasteiger partial charge is 0.319 e. The molecule has 1 aromatic heterocycles. The van der Waals surface area contributed by atoms with Crippen LogP contribution in [-0.4, -0.2) is 29.9 Å². The van der Waals surface area contributed by atoms with E-state index in [1.807, 2.05) is 6.07 Å². The Kier molecular flexibility index (Phi) is 5.86. The molecule has 0 aliphatic heterocycles. The number of aromatic nitrogens is 1. The number of hydrogen-bond donors (Lipinski definition) is 3. The number of nitrogens with one attached hydrogen (secondary N) is 3. The quantitative estimate of drug-likeness (QED) is 0.559. The number of amides is 2. The zero-order valence-corrected chi connectivity index (χ0v) is 13.2. The minimum atomic E-state index is -0.333. The van der Waals surface area contributed by atoms with Crippen LogP contribution in [0.4, 0.5) is 16.3 Å². The van der Waals surface area contributed by atoms with E-state index in [0.29, 0.717) is 35.7 Å². The van der Waals surface area contributed by atoms with Crippen LogP contribution in [0.1, 0.15) is 22.8 Å². The van der Waals surface area contributed by atoms with Gasteiger partial charge in [-0.2, -0.15) is 5.26 Å². The van der Waals surface area contributed by atoms with Gasteiger partial charge in [0.15, 0.2) is 5.78 Å². The molecule has 2 rings (SSSR count). The number of nitriles is 1. The third-order valence-electron chi connectivity index (χ3n) is 3.16. The van der Waals surface area contributed by atoms with Gasteiger partial charge in [-0.1, -0.05) is 0 Å². The van der Waals surface area contributed by atoms with Crippen molar-refractivity contribution in [3.8, 4) is 6.07 Å². The second-order valence-corrected chi connectivity index (χ2v) is 4.99. The van der Waals surface area contributed by atoms with Gasteiger partial charge in [0.1, 0.15) is 11.9 Å². The predicted molar refractivity (Wildman–Crippen MR) is 90.9 cm³/mol. The number of ketones is 1. The number of anilines is 2. The van der Waals surface area contributed by atoms with Crippen molar-refractivity contribution in [2.45, 2.75) is 6.92 Å². The molecule has 0 unspecified atom stereocenters. The average molecular weight is 323 g/mol. The number of nitrogens with zero attached hydrogens (tertiary/aromatic N) is 2. The molecule has 0 aliphatic rings. The van der Waals surface area contributed by atoms with Crippen molar-refractivity contribution >= 4 is 23.3 Å². The van der Waals surface area contributed by atoms with Gasteiger partial charge in [-0.25, -0.2) is 9.78 Å². The Morgan fingerprint density at radius 3 is 2.46 bits per heavy atom. The Hall–Kier alpha value is -3.40. The summed E-state index contributed by atoms with van der Waals surface area (Å²) in [5.41, 5.74) is 1.70. The first-order valence-corrected chi connectivity index (χ1v) is 7.34. The van der Waals surface area contributed by atoms with Crippen LogP contribution in [-0.2, 0) is 0 Å². The van der Waals surface area contributed by atoms with Crippen LogP contribution in [0, 0.1) is 11.3 Å². The molecular formula is C17H17N5O2. The van der Waals surface area contributed by atoms with E-state index in [0.717, 1.165) is 0 Å². The SMILES string of the molecule is CC(=O)c1ccc(NC(=O)NCCNc2ccc(C#N)cn2)cc1. The van der Waals surface area contributed by atoms with Crippen LogP contribution in [0.15, 0.2) is 42.6 Å². The van der Waals surface area contributed by atoms with E-state index in [2.05, 4.69) is 20.9 Å². The van der Waals surface area contributed by atoms with Gasteiger partial charge in [0.25, 0.3) is 0 Å². The summed E-state index contributed by atoms with van der Waals surface area (Å²) in [6.07, 6.45) is 1.48. The summed E-state index contributed by atoms with van der Waals surface area (Å²) in [5.74, 6) is 0.615. The Morgan fingerprint density at radius 1 is 1.12 bits per heavy atom. The summed E-state index contributed by atoms with van der Waals surface area (Å²) in [6.45, 7) is 2.39. The van der Waals surface area contributed by atoms with E-state index >= 15 is 0 Å². The number of pyridine rings is 1. The molecule has 1 aromatic carbocycles. The lowest BCUT2D eigenvalue weighted by atomic mass is 10.1. The van der Waals surface area contributed by atoms with Gasteiger partial charge in [0.05, 0.1) is 5.56 Å². The number of benzene rings is 1. The monoisotopic (exact) mass is 323 g/mol. The lowest BCUT2D eigenvalue weighted by molar-refractivity contribution is 0.101. The molecule has 122 valence electrons. The first-order valence-electron chi connectivity index (χ1n) is 7.34. The maximum Gasteiger partial charge on any atom is 0.319 e. The number of carbonyl (C=O) groups excluding carboxylic acids is 2. The summed E-state index contributed by atoms with van der Waals surface area (Å²) in [7, 11) is 0. The molecule has 7 heteroatoms. The molecule has 2 aromatic rings. The standard InChI is InChI=1S/C17H17N5O2/c1-12(23)14-3-5-15(6-4-14)22-17(24)20-9-8-19-16-7-2-13(10-18)11-21-16/h2-7,11H,8-9H2,1H3,(H,19,21)(H2,20,22,24). The third kappa shape index (κ3) is 5.10. The van der Waals surface area contributed by atoms with Crippen molar-refractivity contribution < 1.29 is 9.59 Å². The fraction of sp³-hybridized carbons (Fsp3) is 0.176. The summed E-state index contributed by atoms with van der Waals surface area (Å²) >= 11 is 0. The summed E-state index contributed by atoms with van der Waals surface area (Å²) in [4.78, 5) is 27.0. The van der Waals surface area contributed by atoms with E-state index in [4.69, 9.17) is 5.26 Å². The lowest BCUT2D eigenvalue weighted by Crippen LogP contribution is -2.32. The van der Waals surface area contributed by atoms with Crippen LogP contribution >= 0.6 is 0 Å². The van der Waals surface area contributed by atoms with Crippen molar-refractivity contribution in [2.75, 3.05) is 23.7 Å². The Morgan fingerprint density at radius 2 is 1.88 bits per heavy atom. The maximum absolute atomic E-state index is 11.8. The van der Waals surface area contributed by atoms with E-state index in [9.17, 15) is 9.59 Å². The molecule has 0 saturated carbocycles. The molecule has 0 saturated heterocycles. The molecule has 1 heterocycles. The fourth-order valence-electron chi connectivity index (χ4n) is 1.89. The van der Waals surface area contributed by atoms with E-state index in [1.165, 1.54) is 13.1 Å². The van der Waals surface area contributed by atoms with Gasteiger partial charge >= 0.3 is 6.03 Å². The minimum Gasteiger partial charge on any atom is -0.368 e. The number of rotatable bonds is 6. The van der Waals surface area contributed by atoms with Crippen LogP contribution in [0.3, 0.4) is 0 Å². The number of carbonyl (C=O) groups is 2. The molecule has 0 aliphatic carbocycles. The highest BCUT2D eigenvalue weighted by molar-refractivity contribution is 5.95. The third-order valence-corrected chi connectivity index (χ3v) is 3.16. The van der Waals surface area contributed by atoms with Gasteiger partial charge in [-0.15, -0.1) is 0 Å². The second-order valence-electron chi connectivity index (χ2n) is 4.99. The largest absolute Gasteiger partial charge is 0.368 e. The van der Waals surface area contributed by atoms with Gasteiger partial charge in [0.2, 0.25) is 0 Å². The normalized spacial score (nSPS) is 9.67. The Balaban J connectivity index is 1.71. The topological polar surface area (TPSA) is 107 Å². The van der Waals surface area contributed by atoms with Gasteiger partial charge in [-0.3, -0.25) is 4.79 Å². The number of urea groups is 1. The molecule has 24 heavy (non-hydrogen) atoms. The van der Waals surface area contributed by atoms with Crippen molar-refractivity contribution in [2.24, 2.45) is 0 Å². The molecule has 7 nitrogen and oxygen atoms in total. The molecular weight excluding hydrogens is 306 g/mol. The minimum absolute atomic E-state index is 0.0199. The van der Waals surface area contributed by atoms with Crippen molar-refractivity contribution in [3.05, 3.63) is 53.7 Å². The highest BCUT2D eigenvalue weighted by Crippen LogP contribution is 2.09. The average Bonchev–Trinajstić information content (AvgIpc) is 2.59. The number of hydrogen-bond acceptors (Lipinski definition) is 5. The Labute approximate surface area is 139 Å². The van der Waals surface area contributed by atoms with Crippen LogP contribution in [0.25, 0.3) is 0 Å². The highest BCUT2D eigenvalue weighted by atomic mass is 16.2. The molecule has 0 fully saturated rings. The Bertz CT molecular complexity index is 748. The molecule has 0 atom stereocenters. The van der Waals surface area contributed by atoms with Crippen molar-refractivity contribution in [1.29, 1.82) is 5.26 Å². The second kappa shape index (κ2) is 8.29. The summed E-state index contributed by atoms with van der Waals surface area (Å²) in [6, 6.07) is 11.7. The molecule has 3 N–H and O–H groups in total. The maximum atomic E-state index is 11.8. The molecule has 0 spiro atoms. The summed E-state index contributed by atoms with van der Waals surface area (Å²) < 4.78 is 0. The van der Waals surface area contributed by atoms with E-state index in [1.54, 1.807) is 36.4 Å². The lowest BCUT2D eigenvalue weighted by Gasteiger charge is -2.09. The van der Waals surface area contributed by atoms with Crippen LogP contribution < -0.4 is 16.0 Å². The van der Waals surface area contributed by atoms with Gasteiger partial charge in [-0.05, 0) is 43.3 Å². The number of Topliss-reactive ketones (excluding diaryl/α,β-unsaturated/α-hetero) is 1. The molecule has 2 amide bonds. The van der Waals surface area contributed by atoms with Crippen LogP contribution in [0.5, 0.6) is 0 Å². The zero-order valence-electron chi connectivity index (χ0n) is 13.2. The zero-order chi connectivity index (χ0) is 17.4. The first-order chi connectivity index (χ1) is 11.6. The molecule has 0 radical (unpaired) electrons. The van der Waals surface area contributed by atoms with Crippen molar-refractivity contribution in [3.63, 3.8) is 0 Å². The molecule has 0 bridgehead atoms. The van der Waals surface area contributed by atoms with Crippen LogP contribution in [0.2, 0.25) is 0 Å². The van der Waals surface area contributed by atoms with Gasteiger partial charge < -0.3 is 16.0 Å². The van der Waals surface area contributed by atoms with E-state index < -0.39 is 0 Å².